The average Bonchev–Trinajstić information content (AvgIpc) is 3.18. The summed E-state index contributed by atoms with van der Waals surface area (Å²) in [6, 6.07) is 7.17. The molecule has 23 heavy (non-hydrogen) atoms. The lowest BCUT2D eigenvalue weighted by Gasteiger charge is -2.40. The van der Waals surface area contributed by atoms with E-state index in [0.717, 1.165) is 24.9 Å². The van der Waals surface area contributed by atoms with E-state index >= 15 is 0 Å². The molecular weight excluding hydrogens is 332 g/mol. The van der Waals surface area contributed by atoms with Gasteiger partial charge in [-0.05, 0) is 55.4 Å². The highest BCUT2D eigenvalue weighted by Gasteiger charge is 2.43. The minimum atomic E-state index is -3.39. The zero-order valence-electron chi connectivity index (χ0n) is 13.2. The Labute approximate surface area is 143 Å². The highest BCUT2D eigenvalue weighted by molar-refractivity contribution is 7.89. The number of halogens is 1. The van der Waals surface area contributed by atoms with Gasteiger partial charge >= 0.3 is 0 Å². The molecule has 2 bridgehead atoms. The van der Waals surface area contributed by atoms with Gasteiger partial charge in [0, 0.05) is 37.2 Å². The Balaban J connectivity index is 1.42. The van der Waals surface area contributed by atoms with Gasteiger partial charge in [0.15, 0.2) is 0 Å². The van der Waals surface area contributed by atoms with Gasteiger partial charge in [0.2, 0.25) is 10.0 Å². The summed E-state index contributed by atoms with van der Waals surface area (Å²) < 4.78 is 27.1. The predicted octanol–water partition coefficient (Wildman–Crippen LogP) is 2.83. The van der Waals surface area contributed by atoms with Gasteiger partial charge in [-0.1, -0.05) is 18.0 Å². The molecular formula is C17H23ClN2O2S. The zero-order valence-corrected chi connectivity index (χ0v) is 14.8. The SMILES string of the molecule is O=S(=O)(c1ccc(Cl)cc1)N1CCN([C@@H]2C[C@H]3CC[C@@H]2C3)CC1. The lowest BCUT2D eigenvalue weighted by atomic mass is 9.93. The van der Waals surface area contributed by atoms with Crippen LogP contribution in [0.3, 0.4) is 0 Å². The summed E-state index contributed by atoms with van der Waals surface area (Å²) in [4.78, 5) is 2.88. The van der Waals surface area contributed by atoms with Crippen molar-refractivity contribution in [2.24, 2.45) is 11.8 Å². The van der Waals surface area contributed by atoms with Crippen molar-refractivity contribution in [3.05, 3.63) is 29.3 Å². The molecule has 6 heteroatoms. The van der Waals surface area contributed by atoms with Gasteiger partial charge < -0.3 is 0 Å². The van der Waals surface area contributed by atoms with E-state index in [9.17, 15) is 8.42 Å². The van der Waals surface area contributed by atoms with Crippen molar-refractivity contribution >= 4 is 21.6 Å². The molecule has 126 valence electrons. The van der Waals surface area contributed by atoms with Crippen LogP contribution in [0.15, 0.2) is 29.2 Å². The second-order valence-corrected chi connectivity index (χ2v) is 9.51. The lowest BCUT2D eigenvalue weighted by molar-refractivity contribution is 0.101. The molecule has 0 N–H and O–H groups in total. The van der Waals surface area contributed by atoms with Crippen LogP contribution in [0.5, 0.6) is 0 Å². The topological polar surface area (TPSA) is 40.6 Å². The fourth-order valence-corrected chi connectivity index (χ4v) is 6.24. The summed E-state index contributed by atoms with van der Waals surface area (Å²) in [5.74, 6) is 1.79. The molecule has 3 atom stereocenters. The van der Waals surface area contributed by atoms with Crippen LogP contribution in [0.1, 0.15) is 25.7 Å². The third-order valence-corrected chi connectivity index (χ3v) is 8.06. The number of hydrogen-bond donors (Lipinski definition) is 0. The molecule has 1 heterocycles. The van der Waals surface area contributed by atoms with Crippen LogP contribution in [-0.4, -0.2) is 49.8 Å². The molecule has 0 amide bonds. The van der Waals surface area contributed by atoms with Crippen molar-refractivity contribution < 1.29 is 8.42 Å². The highest BCUT2D eigenvalue weighted by atomic mass is 35.5. The number of fused-ring (bicyclic) bond motifs is 2. The number of hydrogen-bond acceptors (Lipinski definition) is 3. The highest BCUT2D eigenvalue weighted by Crippen LogP contribution is 2.46. The maximum absolute atomic E-state index is 12.7. The van der Waals surface area contributed by atoms with Crippen LogP contribution in [0, 0.1) is 11.8 Å². The molecule has 2 saturated carbocycles. The molecule has 3 fully saturated rings. The molecule has 1 aromatic carbocycles. The molecule has 1 aliphatic heterocycles. The van der Waals surface area contributed by atoms with Crippen LogP contribution < -0.4 is 0 Å². The second-order valence-electron chi connectivity index (χ2n) is 7.14. The smallest absolute Gasteiger partial charge is 0.243 e. The van der Waals surface area contributed by atoms with Crippen LogP contribution in [0.25, 0.3) is 0 Å². The summed E-state index contributed by atoms with van der Waals surface area (Å²) in [6.45, 7) is 2.92. The Morgan fingerprint density at radius 2 is 1.65 bits per heavy atom. The van der Waals surface area contributed by atoms with Crippen LogP contribution >= 0.6 is 11.6 Å². The minimum Gasteiger partial charge on any atom is -0.297 e. The molecule has 1 saturated heterocycles. The number of piperazine rings is 1. The Kier molecular flexibility index (Phi) is 4.16. The molecule has 0 radical (unpaired) electrons. The van der Waals surface area contributed by atoms with E-state index in [1.807, 2.05) is 0 Å². The number of rotatable bonds is 3. The van der Waals surface area contributed by atoms with Gasteiger partial charge in [-0.25, -0.2) is 8.42 Å². The van der Waals surface area contributed by atoms with E-state index in [2.05, 4.69) is 4.90 Å². The van der Waals surface area contributed by atoms with E-state index in [4.69, 9.17) is 11.6 Å². The predicted molar refractivity (Wildman–Crippen MR) is 91.0 cm³/mol. The second kappa shape index (κ2) is 6.03. The van der Waals surface area contributed by atoms with Gasteiger partial charge in [0.1, 0.15) is 0 Å². The quantitative estimate of drug-likeness (QED) is 0.838. The first kappa shape index (κ1) is 15.9. The average molecular weight is 355 g/mol. The van der Waals surface area contributed by atoms with Crippen molar-refractivity contribution in [2.75, 3.05) is 26.2 Å². The fraction of sp³-hybridized carbons (Fsp3) is 0.647. The summed E-state index contributed by atoms with van der Waals surface area (Å²) in [5.41, 5.74) is 0. The van der Waals surface area contributed by atoms with Crippen molar-refractivity contribution in [3.63, 3.8) is 0 Å². The summed E-state index contributed by atoms with van der Waals surface area (Å²) >= 11 is 5.86. The maximum Gasteiger partial charge on any atom is 0.243 e. The Hall–Kier alpha value is -0.620. The lowest BCUT2D eigenvalue weighted by Crippen LogP contribution is -2.53. The molecule has 1 aromatic rings. The third kappa shape index (κ3) is 2.93. The van der Waals surface area contributed by atoms with E-state index in [1.165, 1.54) is 25.7 Å². The molecule has 0 aromatic heterocycles. The monoisotopic (exact) mass is 354 g/mol. The normalized spacial score (nSPS) is 32.5. The molecule has 2 aliphatic carbocycles. The maximum atomic E-state index is 12.7. The van der Waals surface area contributed by atoms with Crippen molar-refractivity contribution in [2.45, 2.75) is 36.6 Å². The molecule has 3 aliphatic rings. The van der Waals surface area contributed by atoms with E-state index in [1.54, 1.807) is 28.6 Å². The Bertz CT molecular complexity index is 668. The summed E-state index contributed by atoms with van der Waals surface area (Å²) in [7, 11) is -3.39. The van der Waals surface area contributed by atoms with Gasteiger partial charge in [0.05, 0.1) is 4.90 Å². The van der Waals surface area contributed by atoms with Crippen molar-refractivity contribution in [1.82, 2.24) is 9.21 Å². The number of nitrogens with zero attached hydrogens (tertiary/aromatic N) is 2. The van der Waals surface area contributed by atoms with E-state index in [0.29, 0.717) is 29.0 Å². The Morgan fingerprint density at radius 3 is 2.22 bits per heavy atom. The van der Waals surface area contributed by atoms with Crippen molar-refractivity contribution in [3.8, 4) is 0 Å². The van der Waals surface area contributed by atoms with Gasteiger partial charge in [-0.2, -0.15) is 4.31 Å². The summed E-state index contributed by atoms with van der Waals surface area (Å²) in [5, 5.41) is 0.560. The van der Waals surface area contributed by atoms with Gasteiger partial charge in [-0.3, -0.25) is 4.90 Å². The number of sulfonamides is 1. The zero-order chi connectivity index (χ0) is 16.0. The standard InChI is InChI=1S/C17H23ClN2O2S/c18-15-3-5-16(6-4-15)23(21,22)20-9-7-19(8-10-20)17-12-13-1-2-14(17)11-13/h3-6,13-14,17H,1-2,7-12H2/t13-,14+,17+/m0/s1. The van der Waals surface area contributed by atoms with Gasteiger partial charge in [-0.15, -0.1) is 0 Å². The van der Waals surface area contributed by atoms with E-state index in [-0.39, 0.29) is 0 Å². The summed E-state index contributed by atoms with van der Waals surface area (Å²) in [6.07, 6.45) is 5.51. The van der Waals surface area contributed by atoms with Gasteiger partial charge in [0.25, 0.3) is 0 Å². The van der Waals surface area contributed by atoms with Crippen molar-refractivity contribution in [1.29, 1.82) is 0 Å². The molecule has 0 unspecified atom stereocenters. The van der Waals surface area contributed by atoms with Crippen LogP contribution in [0.4, 0.5) is 0 Å². The largest absolute Gasteiger partial charge is 0.297 e. The molecule has 4 rings (SSSR count). The molecule has 0 spiro atoms. The minimum absolute atomic E-state index is 0.343. The van der Waals surface area contributed by atoms with E-state index < -0.39 is 10.0 Å². The van der Waals surface area contributed by atoms with Crippen LogP contribution in [-0.2, 0) is 10.0 Å². The fourth-order valence-electron chi connectivity index (χ4n) is 4.69. The molecule has 4 nitrogen and oxygen atoms in total. The first-order chi connectivity index (χ1) is 11.0. The number of benzene rings is 1. The first-order valence-corrected chi connectivity index (χ1v) is 10.4. The Morgan fingerprint density at radius 1 is 0.957 bits per heavy atom. The first-order valence-electron chi connectivity index (χ1n) is 8.54. The van der Waals surface area contributed by atoms with Crippen LogP contribution in [0.2, 0.25) is 5.02 Å². The third-order valence-electron chi connectivity index (χ3n) is 5.89.